The number of H-pyrrole nitrogens is 1. The summed E-state index contributed by atoms with van der Waals surface area (Å²) < 4.78 is 37.1. The second-order valence-corrected chi connectivity index (χ2v) is 8.41. The van der Waals surface area contributed by atoms with E-state index in [-0.39, 0.29) is 22.6 Å². The molecule has 0 bridgehead atoms. The van der Waals surface area contributed by atoms with Gasteiger partial charge in [-0.3, -0.25) is 9.89 Å². The SMILES string of the molecule is CCCSNc1c(F)ccc(C(=O)c2[nH]nc3ncc(-c4ccc(OC)cc4Cl)cc23)c1F. The lowest BCUT2D eigenvalue weighted by Crippen LogP contribution is -2.08. The van der Waals surface area contributed by atoms with E-state index in [0.717, 1.165) is 18.6 Å². The Labute approximate surface area is 197 Å². The van der Waals surface area contributed by atoms with Gasteiger partial charge in [0.15, 0.2) is 11.5 Å². The fourth-order valence-corrected chi connectivity index (χ4v) is 4.18. The average molecular weight is 489 g/mol. The van der Waals surface area contributed by atoms with E-state index in [0.29, 0.717) is 33.0 Å². The fraction of sp³-hybridized carbons (Fsp3) is 0.174. The zero-order chi connectivity index (χ0) is 23.5. The first-order valence-electron chi connectivity index (χ1n) is 10.0. The van der Waals surface area contributed by atoms with Gasteiger partial charge < -0.3 is 9.46 Å². The van der Waals surface area contributed by atoms with Crippen LogP contribution in [0, 0.1) is 11.6 Å². The number of aromatic nitrogens is 3. The molecule has 4 rings (SSSR count). The standard InChI is InChI=1S/C23H19ClF2N4O2S/c1-3-8-33-30-21-18(25)7-6-15(19(21)26)22(31)20-16-9-12(11-27-23(16)29-28-20)14-5-4-13(32-2)10-17(14)24/h4-7,9-11,30H,3,8H2,1-2H3,(H,27,28,29). The Bertz CT molecular complexity index is 1350. The summed E-state index contributed by atoms with van der Waals surface area (Å²) >= 11 is 7.54. The van der Waals surface area contributed by atoms with E-state index >= 15 is 4.39 Å². The number of nitrogens with one attached hydrogen (secondary N) is 2. The highest BCUT2D eigenvalue weighted by atomic mass is 35.5. The van der Waals surface area contributed by atoms with Crippen LogP contribution in [0.15, 0.2) is 42.6 Å². The van der Waals surface area contributed by atoms with Crippen molar-refractivity contribution in [1.82, 2.24) is 15.2 Å². The Morgan fingerprint density at radius 1 is 1.24 bits per heavy atom. The Hall–Kier alpha value is -3.17. The molecule has 10 heteroatoms. The molecule has 0 amide bonds. The molecule has 0 atom stereocenters. The molecule has 2 aromatic carbocycles. The quantitative estimate of drug-likeness (QED) is 0.173. The molecule has 0 aliphatic carbocycles. The summed E-state index contributed by atoms with van der Waals surface area (Å²) in [6.07, 6.45) is 2.41. The minimum Gasteiger partial charge on any atom is -0.497 e. The van der Waals surface area contributed by atoms with E-state index in [1.165, 1.54) is 11.9 Å². The molecule has 0 saturated heterocycles. The molecule has 4 aromatic rings. The Kier molecular flexibility index (Phi) is 6.80. The number of aromatic amines is 1. The van der Waals surface area contributed by atoms with Crippen LogP contribution < -0.4 is 9.46 Å². The summed E-state index contributed by atoms with van der Waals surface area (Å²) in [6.45, 7) is 1.95. The molecule has 2 heterocycles. The Balaban J connectivity index is 1.74. The zero-order valence-electron chi connectivity index (χ0n) is 17.7. The number of ether oxygens (including phenoxy) is 1. The summed E-state index contributed by atoms with van der Waals surface area (Å²) in [6, 6.07) is 9.08. The highest BCUT2D eigenvalue weighted by Crippen LogP contribution is 2.33. The van der Waals surface area contributed by atoms with Gasteiger partial charge in [0.25, 0.3) is 0 Å². The molecule has 0 spiro atoms. The summed E-state index contributed by atoms with van der Waals surface area (Å²) in [5, 5.41) is 7.52. The van der Waals surface area contributed by atoms with Crippen LogP contribution in [0.25, 0.3) is 22.2 Å². The molecule has 33 heavy (non-hydrogen) atoms. The Morgan fingerprint density at radius 2 is 2.06 bits per heavy atom. The topological polar surface area (TPSA) is 79.9 Å². The number of benzene rings is 2. The molecule has 170 valence electrons. The van der Waals surface area contributed by atoms with Gasteiger partial charge in [-0.2, -0.15) is 5.10 Å². The largest absolute Gasteiger partial charge is 0.497 e. The van der Waals surface area contributed by atoms with Crippen LogP contribution in [0.4, 0.5) is 14.5 Å². The molecule has 0 radical (unpaired) electrons. The maximum absolute atomic E-state index is 15.1. The van der Waals surface area contributed by atoms with Crippen molar-refractivity contribution in [3.63, 3.8) is 0 Å². The number of nitrogens with zero attached hydrogens (tertiary/aromatic N) is 2. The van der Waals surface area contributed by atoms with E-state index in [1.807, 2.05) is 6.92 Å². The van der Waals surface area contributed by atoms with Crippen molar-refractivity contribution >= 4 is 46.1 Å². The molecule has 0 aliphatic rings. The number of carbonyl (C=O) groups excluding carboxylic acids is 1. The third-order valence-electron chi connectivity index (χ3n) is 4.94. The molecule has 6 nitrogen and oxygen atoms in total. The molecule has 0 aliphatic heterocycles. The first-order valence-corrected chi connectivity index (χ1v) is 11.4. The number of hydrogen-bond acceptors (Lipinski definition) is 6. The molecule has 2 aromatic heterocycles. The molecule has 2 N–H and O–H groups in total. The van der Waals surface area contributed by atoms with Gasteiger partial charge in [0.1, 0.15) is 22.9 Å². The predicted octanol–water partition coefficient (Wildman–Crippen LogP) is 6.27. The van der Waals surface area contributed by atoms with Crippen molar-refractivity contribution in [2.45, 2.75) is 13.3 Å². The lowest BCUT2D eigenvalue weighted by molar-refractivity contribution is 0.103. The average Bonchev–Trinajstić information content (AvgIpc) is 3.24. The van der Waals surface area contributed by atoms with Crippen LogP contribution in [0.2, 0.25) is 5.02 Å². The number of ketones is 1. The monoisotopic (exact) mass is 488 g/mol. The van der Waals surface area contributed by atoms with Crippen LogP contribution in [0.5, 0.6) is 5.75 Å². The highest BCUT2D eigenvalue weighted by molar-refractivity contribution is 8.00. The number of fused-ring (bicyclic) bond motifs is 1. The first-order chi connectivity index (χ1) is 15.9. The van der Waals surface area contributed by atoms with E-state index < -0.39 is 17.4 Å². The van der Waals surface area contributed by atoms with Gasteiger partial charge in [-0.05, 0) is 42.8 Å². The molecule has 0 fully saturated rings. The van der Waals surface area contributed by atoms with Gasteiger partial charge in [0.05, 0.1) is 23.1 Å². The van der Waals surface area contributed by atoms with Crippen LogP contribution >= 0.6 is 23.5 Å². The van der Waals surface area contributed by atoms with Crippen LogP contribution in [0.3, 0.4) is 0 Å². The predicted molar refractivity (Wildman–Crippen MR) is 127 cm³/mol. The lowest BCUT2D eigenvalue weighted by atomic mass is 10.0. The van der Waals surface area contributed by atoms with Crippen molar-refractivity contribution in [2.24, 2.45) is 0 Å². The van der Waals surface area contributed by atoms with Crippen LogP contribution in [-0.4, -0.2) is 33.8 Å². The third-order valence-corrected chi connectivity index (χ3v) is 6.21. The van der Waals surface area contributed by atoms with Gasteiger partial charge in [-0.25, -0.2) is 13.8 Å². The summed E-state index contributed by atoms with van der Waals surface area (Å²) in [5.41, 5.74) is 1.01. The highest BCUT2D eigenvalue weighted by Gasteiger charge is 2.24. The molecular formula is C23H19ClF2N4O2S. The molecule has 0 saturated carbocycles. The van der Waals surface area contributed by atoms with Crippen molar-refractivity contribution in [1.29, 1.82) is 0 Å². The van der Waals surface area contributed by atoms with Crippen LogP contribution in [-0.2, 0) is 0 Å². The van der Waals surface area contributed by atoms with Gasteiger partial charge in [-0.1, -0.05) is 30.5 Å². The number of anilines is 1. The second kappa shape index (κ2) is 9.76. The number of rotatable bonds is 8. The minimum atomic E-state index is -0.964. The molecule has 0 unspecified atom stereocenters. The minimum absolute atomic E-state index is 0.0432. The first kappa shape index (κ1) is 23.0. The van der Waals surface area contributed by atoms with Crippen molar-refractivity contribution < 1.29 is 18.3 Å². The van der Waals surface area contributed by atoms with Gasteiger partial charge >= 0.3 is 0 Å². The van der Waals surface area contributed by atoms with E-state index in [2.05, 4.69) is 19.9 Å². The number of carbonyl (C=O) groups is 1. The van der Waals surface area contributed by atoms with Gasteiger partial charge in [0.2, 0.25) is 5.78 Å². The van der Waals surface area contributed by atoms with Crippen molar-refractivity contribution in [2.75, 3.05) is 17.6 Å². The summed E-state index contributed by atoms with van der Waals surface area (Å²) in [4.78, 5) is 17.5. The molecular weight excluding hydrogens is 470 g/mol. The number of pyridine rings is 1. The fourth-order valence-electron chi connectivity index (χ4n) is 3.26. The summed E-state index contributed by atoms with van der Waals surface area (Å²) in [5.74, 6) is -1.15. The number of halogens is 3. The Morgan fingerprint density at radius 3 is 2.79 bits per heavy atom. The van der Waals surface area contributed by atoms with E-state index in [1.54, 1.807) is 37.6 Å². The van der Waals surface area contributed by atoms with Gasteiger partial charge in [-0.15, -0.1) is 0 Å². The maximum atomic E-state index is 15.1. The lowest BCUT2D eigenvalue weighted by Gasteiger charge is -2.10. The van der Waals surface area contributed by atoms with Crippen molar-refractivity contribution in [3.8, 4) is 16.9 Å². The second-order valence-electron chi connectivity index (χ2n) is 7.10. The normalized spacial score (nSPS) is 11.1. The summed E-state index contributed by atoms with van der Waals surface area (Å²) in [7, 11) is 1.54. The van der Waals surface area contributed by atoms with E-state index in [9.17, 15) is 9.18 Å². The maximum Gasteiger partial charge on any atom is 0.214 e. The number of methoxy groups -OCH3 is 1. The third kappa shape index (κ3) is 4.51. The zero-order valence-corrected chi connectivity index (χ0v) is 19.3. The smallest absolute Gasteiger partial charge is 0.214 e. The van der Waals surface area contributed by atoms with Crippen LogP contribution in [0.1, 0.15) is 29.4 Å². The number of hydrogen-bond donors (Lipinski definition) is 2. The van der Waals surface area contributed by atoms with Crippen molar-refractivity contribution in [3.05, 3.63) is 70.5 Å². The van der Waals surface area contributed by atoms with E-state index in [4.69, 9.17) is 16.3 Å². The van der Waals surface area contributed by atoms with Gasteiger partial charge in [0, 0.05) is 23.1 Å².